The maximum atomic E-state index is 9.17. The van der Waals surface area contributed by atoms with Gasteiger partial charge in [-0.05, 0) is 51.0 Å². The zero-order valence-electron chi connectivity index (χ0n) is 12.2. The lowest BCUT2D eigenvalue weighted by Gasteiger charge is -2.52. The van der Waals surface area contributed by atoms with Crippen LogP contribution in [0, 0.1) is 5.92 Å². The van der Waals surface area contributed by atoms with E-state index in [4.69, 9.17) is 10.2 Å². The summed E-state index contributed by atoms with van der Waals surface area (Å²) in [5.41, 5.74) is 0.269. The highest BCUT2D eigenvalue weighted by Crippen LogP contribution is 2.41. The van der Waals surface area contributed by atoms with Gasteiger partial charge >= 0.3 is 0 Å². The third kappa shape index (κ3) is 3.46. The topological polar surface area (TPSA) is 43.7 Å². The number of likely N-dealkylation sites (tertiary alicyclic amines) is 1. The fraction of sp³-hybridized carbons (Fsp3) is 1.00. The SMILES string of the molecule is CCC1CCCN(CCCO)C1(CC)CCCO. The Labute approximate surface area is 112 Å². The van der Waals surface area contributed by atoms with Crippen molar-refractivity contribution in [2.75, 3.05) is 26.3 Å². The molecule has 0 amide bonds. The zero-order chi connectivity index (χ0) is 13.4. The minimum Gasteiger partial charge on any atom is -0.396 e. The molecule has 3 heteroatoms. The van der Waals surface area contributed by atoms with Gasteiger partial charge in [0.2, 0.25) is 0 Å². The molecule has 3 nitrogen and oxygen atoms in total. The molecule has 1 heterocycles. The second kappa shape index (κ2) is 8.13. The summed E-state index contributed by atoms with van der Waals surface area (Å²) in [7, 11) is 0. The molecule has 0 bridgehead atoms. The summed E-state index contributed by atoms with van der Waals surface area (Å²) >= 11 is 0. The van der Waals surface area contributed by atoms with Gasteiger partial charge in [-0.15, -0.1) is 0 Å². The van der Waals surface area contributed by atoms with Gasteiger partial charge in [0.1, 0.15) is 0 Å². The number of rotatable bonds is 8. The van der Waals surface area contributed by atoms with Crippen molar-refractivity contribution in [1.29, 1.82) is 0 Å². The second-order valence-electron chi connectivity index (χ2n) is 5.60. The van der Waals surface area contributed by atoms with Crippen molar-refractivity contribution in [2.24, 2.45) is 5.92 Å². The van der Waals surface area contributed by atoms with Gasteiger partial charge in [-0.3, -0.25) is 4.90 Å². The first kappa shape index (κ1) is 15.9. The molecule has 1 saturated heterocycles. The van der Waals surface area contributed by atoms with Crippen LogP contribution in [-0.4, -0.2) is 47.0 Å². The summed E-state index contributed by atoms with van der Waals surface area (Å²) in [6, 6.07) is 0. The van der Waals surface area contributed by atoms with Crippen LogP contribution < -0.4 is 0 Å². The molecule has 2 unspecified atom stereocenters. The van der Waals surface area contributed by atoms with E-state index >= 15 is 0 Å². The molecule has 0 spiro atoms. The second-order valence-corrected chi connectivity index (χ2v) is 5.60. The molecule has 1 aliphatic heterocycles. The third-order valence-corrected chi connectivity index (χ3v) is 4.83. The first-order valence-electron chi connectivity index (χ1n) is 7.72. The Kier molecular flexibility index (Phi) is 7.20. The molecule has 0 aromatic heterocycles. The van der Waals surface area contributed by atoms with Crippen LogP contribution in [0.25, 0.3) is 0 Å². The van der Waals surface area contributed by atoms with Crippen LogP contribution in [0.2, 0.25) is 0 Å². The predicted molar refractivity (Wildman–Crippen MR) is 75.6 cm³/mol. The first-order valence-corrected chi connectivity index (χ1v) is 7.72. The van der Waals surface area contributed by atoms with Gasteiger partial charge in [0.25, 0.3) is 0 Å². The van der Waals surface area contributed by atoms with E-state index in [1.165, 1.54) is 19.3 Å². The fourth-order valence-corrected chi connectivity index (χ4v) is 3.89. The highest BCUT2D eigenvalue weighted by atomic mass is 16.3. The average molecular weight is 257 g/mol. The molecule has 0 aliphatic carbocycles. The van der Waals surface area contributed by atoms with E-state index < -0.39 is 0 Å². The molecule has 108 valence electrons. The smallest absolute Gasteiger partial charge is 0.0443 e. The fourth-order valence-electron chi connectivity index (χ4n) is 3.89. The van der Waals surface area contributed by atoms with Gasteiger partial charge in [0.05, 0.1) is 0 Å². The molecule has 1 rings (SSSR count). The molecule has 0 radical (unpaired) electrons. The Morgan fingerprint density at radius 2 is 1.89 bits per heavy atom. The van der Waals surface area contributed by atoms with Crippen LogP contribution in [0.4, 0.5) is 0 Å². The van der Waals surface area contributed by atoms with Crippen molar-refractivity contribution in [2.45, 2.75) is 64.3 Å². The van der Waals surface area contributed by atoms with Gasteiger partial charge in [-0.25, -0.2) is 0 Å². The van der Waals surface area contributed by atoms with Gasteiger partial charge < -0.3 is 10.2 Å². The van der Waals surface area contributed by atoms with Crippen LogP contribution in [0.1, 0.15) is 58.8 Å². The quantitative estimate of drug-likeness (QED) is 0.702. The Balaban J connectivity index is 2.81. The van der Waals surface area contributed by atoms with E-state index in [1.54, 1.807) is 0 Å². The average Bonchev–Trinajstić information content (AvgIpc) is 2.42. The Morgan fingerprint density at radius 3 is 2.44 bits per heavy atom. The summed E-state index contributed by atoms with van der Waals surface area (Å²) < 4.78 is 0. The summed E-state index contributed by atoms with van der Waals surface area (Å²) in [6.45, 7) is 7.34. The van der Waals surface area contributed by atoms with Crippen molar-refractivity contribution in [3.8, 4) is 0 Å². The standard InChI is InChI=1S/C15H31NO2/c1-3-14-8-5-10-16(11-7-13-18)15(14,4-2)9-6-12-17/h14,17-18H,3-13H2,1-2H3. The lowest BCUT2D eigenvalue weighted by atomic mass is 9.70. The minimum absolute atomic E-state index is 0.269. The Bertz CT molecular complexity index is 223. The van der Waals surface area contributed by atoms with Crippen molar-refractivity contribution >= 4 is 0 Å². The van der Waals surface area contributed by atoms with Crippen LogP contribution in [-0.2, 0) is 0 Å². The van der Waals surface area contributed by atoms with Crippen LogP contribution in [0.3, 0.4) is 0 Å². The first-order chi connectivity index (χ1) is 8.75. The van der Waals surface area contributed by atoms with E-state index in [0.717, 1.165) is 44.7 Å². The van der Waals surface area contributed by atoms with Gasteiger partial charge in [-0.2, -0.15) is 0 Å². The van der Waals surface area contributed by atoms with E-state index in [1.807, 2.05) is 0 Å². The number of hydrogen-bond donors (Lipinski definition) is 2. The van der Waals surface area contributed by atoms with Gasteiger partial charge in [-0.1, -0.05) is 20.3 Å². The Hall–Kier alpha value is -0.120. The lowest BCUT2D eigenvalue weighted by molar-refractivity contribution is -0.0249. The number of aliphatic hydroxyl groups is 2. The minimum atomic E-state index is 0.269. The molecule has 2 N–H and O–H groups in total. The van der Waals surface area contributed by atoms with Crippen LogP contribution >= 0.6 is 0 Å². The highest BCUT2D eigenvalue weighted by Gasteiger charge is 2.42. The summed E-state index contributed by atoms with van der Waals surface area (Å²) in [5.74, 6) is 0.751. The van der Waals surface area contributed by atoms with Gasteiger partial charge in [0.15, 0.2) is 0 Å². The zero-order valence-corrected chi connectivity index (χ0v) is 12.2. The van der Waals surface area contributed by atoms with E-state index in [0.29, 0.717) is 6.61 Å². The molecule has 18 heavy (non-hydrogen) atoms. The van der Waals surface area contributed by atoms with E-state index in [2.05, 4.69) is 18.7 Å². The summed E-state index contributed by atoms with van der Waals surface area (Å²) in [6.07, 6.45) is 7.88. The Morgan fingerprint density at radius 1 is 1.17 bits per heavy atom. The lowest BCUT2D eigenvalue weighted by Crippen LogP contribution is -2.57. The number of piperidine rings is 1. The molecule has 1 fully saturated rings. The molecule has 0 saturated carbocycles. The van der Waals surface area contributed by atoms with Crippen molar-refractivity contribution < 1.29 is 10.2 Å². The molecular formula is C15H31NO2. The van der Waals surface area contributed by atoms with Crippen LogP contribution in [0.15, 0.2) is 0 Å². The van der Waals surface area contributed by atoms with Crippen molar-refractivity contribution in [3.05, 3.63) is 0 Å². The molecule has 2 atom stereocenters. The monoisotopic (exact) mass is 257 g/mol. The maximum absolute atomic E-state index is 9.17. The van der Waals surface area contributed by atoms with Crippen molar-refractivity contribution in [3.63, 3.8) is 0 Å². The van der Waals surface area contributed by atoms with E-state index in [9.17, 15) is 0 Å². The highest BCUT2D eigenvalue weighted by molar-refractivity contribution is 4.98. The predicted octanol–water partition coefficient (Wildman–Crippen LogP) is 2.41. The summed E-state index contributed by atoms with van der Waals surface area (Å²) in [5, 5.41) is 18.2. The van der Waals surface area contributed by atoms with Gasteiger partial charge in [0, 0.05) is 25.3 Å². The number of hydrogen-bond acceptors (Lipinski definition) is 3. The molecule has 0 aromatic rings. The largest absolute Gasteiger partial charge is 0.396 e. The number of aliphatic hydroxyl groups excluding tert-OH is 2. The maximum Gasteiger partial charge on any atom is 0.0443 e. The molecule has 0 aromatic carbocycles. The third-order valence-electron chi connectivity index (χ3n) is 4.83. The molecular weight excluding hydrogens is 226 g/mol. The van der Waals surface area contributed by atoms with Crippen molar-refractivity contribution in [1.82, 2.24) is 4.90 Å². The van der Waals surface area contributed by atoms with Crippen LogP contribution in [0.5, 0.6) is 0 Å². The normalized spacial score (nSPS) is 29.7. The number of nitrogens with zero attached hydrogens (tertiary/aromatic N) is 1. The molecule has 1 aliphatic rings. The summed E-state index contributed by atoms with van der Waals surface area (Å²) in [4.78, 5) is 2.61. The van der Waals surface area contributed by atoms with E-state index in [-0.39, 0.29) is 12.1 Å².